The minimum Gasteiger partial charge on any atom is -0.444 e. The van der Waals surface area contributed by atoms with Crippen LogP contribution in [0.15, 0.2) is 18.5 Å². The highest BCUT2D eigenvalue weighted by Crippen LogP contribution is 2.34. The highest BCUT2D eigenvalue weighted by molar-refractivity contribution is 5.69. The minimum absolute atomic E-state index is 0.0229. The molecule has 1 saturated heterocycles. The van der Waals surface area contributed by atoms with Crippen molar-refractivity contribution < 1.29 is 19.0 Å². The normalized spacial score (nSPS) is 22.6. The quantitative estimate of drug-likeness (QED) is 0.881. The van der Waals surface area contributed by atoms with E-state index in [2.05, 4.69) is 11.9 Å². The van der Waals surface area contributed by atoms with Crippen molar-refractivity contribution in [3.05, 3.63) is 29.8 Å². The highest BCUT2D eigenvalue weighted by atomic mass is 19.1. The number of carbonyl (C=O) groups excluding carboxylic acids is 1. The SMILES string of the molecule is CCC[C@H]1CCC[C@H](C(O)c2cncc(F)c2)N1C(=O)OC(C)(C)C. The van der Waals surface area contributed by atoms with Gasteiger partial charge in [-0.3, -0.25) is 9.88 Å². The van der Waals surface area contributed by atoms with Crippen molar-refractivity contribution in [3.63, 3.8) is 0 Å². The molecule has 1 N–H and O–H groups in total. The first-order valence-electron chi connectivity index (χ1n) is 9.02. The molecule has 1 aliphatic rings. The molecular weight excluding hydrogens is 323 g/mol. The topological polar surface area (TPSA) is 62.7 Å². The van der Waals surface area contributed by atoms with Gasteiger partial charge in [-0.05, 0) is 52.5 Å². The van der Waals surface area contributed by atoms with Gasteiger partial charge in [0.1, 0.15) is 17.5 Å². The summed E-state index contributed by atoms with van der Waals surface area (Å²) in [7, 11) is 0. The number of hydrogen-bond donors (Lipinski definition) is 1. The fourth-order valence-corrected chi connectivity index (χ4v) is 3.45. The van der Waals surface area contributed by atoms with Crippen molar-refractivity contribution in [1.29, 1.82) is 0 Å². The van der Waals surface area contributed by atoms with E-state index in [1.54, 1.807) is 4.90 Å². The number of halogens is 1. The summed E-state index contributed by atoms with van der Waals surface area (Å²) in [6.07, 6.45) is 5.38. The summed E-state index contributed by atoms with van der Waals surface area (Å²) in [5.41, 5.74) is -0.225. The van der Waals surface area contributed by atoms with Crippen LogP contribution in [0, 0.1) is 5.82 Å². The Bertz CT molecular complexity index is 586. The van der Waals surface area contributed by atoms with Crippen molar-refractivity contribution in [3.8, 4) is 0 Å². The second-order valence-electron chi connectivity index (χ2n) is 7.71. The van der Waals surface area contributed by atoms with E-state index >= 15 is 0 Å². The van der Waals surface area contributed by atoms with Gasteiger partial charge in [0.2, 0.25) is 0 Å². The number of pyridine rings is 1. The Balaban J connectivity index is 2.29. The maximum atomic E-state index is 13.5. The molecule has 25 heavy (non-hydrogen) atoms. The molecule has 0 saturated carbocycles. The molecule has 1 amide bonds. The van der Waals surface area contributed by atoms with Crippen LogP contribution >= 0.6 is 0 Å². The zero-order chi connectivity index (χ0) is 18.6. The Morgan fingerprint density at radius 1 is 1.44 bits per heavy atom. The van der Waals surface area contributed by atoms with Gasteiger partial charge in [-0.2, -0.15) is 0 Å². The second-order valence-corrected chi connectivity index (χ2v) is 7.71. The van der Waals surface area contributed by atoms with Crippen LogP contribution in [-0.2, 0) is 4.74 Å². The van der Waals surface area contributed by atoms with Crippen LogP contribution in [0.4, 0.5) is 9.18 Å². The third-order valence-corrected chi connectivity index (χ3v) is 4.45. The maximum Gasteiger partial charge on any atom is 0.410 e. The summed E-state index contributed by atoms with van der Waals surface area (Å²) >= 11 is 0. The predicted octanol–water partition coefficient (Wildman–Crippen LogP) is 4.21. The van der Waals surface area contributed by atoms with E-state index in [-0.39, 0.29) is 6.04 Å². The fourth-order valence-electron chi connectivity index (χ4n) is 3.45. The van der Waals surface area contributed by atoms with E-state index < -0.39 is 29.7 Å². The first-order valence-corrected chi connectivity index (χ1v) is 9.02. The lowest BCUT2D eigenvalue weighted by molar-refractivity contribution is -0.0369. The number of carbonyl (C=O) groups is 1. The van der Waals surface area contributed by atoms with Crippen LogP contribution in [0.25, 0.3) is 0 Å². The number of likely N-dealkylation sites (tertiary alicyclic amines) is 1. The number of hydrogen-bond acceptors (Lipinski definition) is 4. The van der Waals surface area contributed by atoms with Gasteiger partial charge in [0.15, 0.2) is 0 Å². The molecule has 1 aromatic heterocycles. The zero-order valence-corrected chi connectivity index (χ0v) is 15.5. The third-order valence-electron chi connectivity index (χ3n) is 4.45. The molecule has 1 fully saturated rings. The third kappa shape index (κ3) is 5.14. The lowest BCUT2D eigenvalue weighted by Gasteiger charge is -2.44. The summed E-state index contributed by atoms with van der Waals surface area (Å²) in [6, 6.07) is 0.854. The molecule has 0 spiro atoms. The van der Waals surface area contributed by atoms with Gasteiger partial charge < -0.3 is 9.84 Å². The van der Waals surface area contributed by atoms with Gasteiger partial charge >= 0.3 is 6.09 Å². The molecule has 140 valence electrons. The Hall–Kier alpha value is -1.69. The number of nitrogens with zero attached hydrogens (tertiary/aromatic N) is 2. The summed E-state index contributed by atoms with van der Waals surface area (Å²) in [5.74, 6) is -0.499. The second kappa shape index (κ2) is 8.13. The van der Waals surface area contributed by atoms with Gasteiger partial charge in [0, 0.05) is 17.8 Å². The van der Waals surface area contributed by atoms with Crippen LogP contribution in [0.1, 0.15) is 71.5 Å². The summed E-state index contributed by atoms with van der Waals surface area (Å²) in [4.78, 5) is 18.3. The van der Waals surface area contributed by atoms with Gasteiger partial charge in [0.25, 0.3) is 0 Å². The molecule has 0 radical (unpaired) electrons. The van der Waals surface area contributed by atoms with E-state index in [0.29, 0.717) is 12.0 Å². The van der Waals surface area contributed by atoms with Gasteiger partial charge in [0.05, 0.1) is 12.2 Å². The van der Waals surface area contributed by atoms with Crippen molar-refractivity contribution >= 4 is 6.09 Å². The molecule has 5 nitrogen and oxygen atoms in total. The Morgan fingerprint density at radius 2 is 2.16 bits per heavy atom. The minimum atomic E-state index is -0.990. The molecule has 2 heterocycles. The lowest BCUT2D eigenvalue weighted by atomic mass is 9.88. The lowest BCUT2D eigenvalue weighted by Crippen LogP contribution is -2.53. The van der Waals surface area contributed by atoms with E-state index in [4.69, 9.17) is 4.74 Å². The van der Waals surface area contributed by atoms with Crippen LogP contribution in [-0.4, -0.2) is 38.8 Å². The molecule has 0 aliphatic carbocycles. The van der Waals surface area contributed by atoms with E-state index in [1.807, 2.05) is 20.8 Å². The van der Waals surface area contributed by atoms with Crippen LogP contribution < -0.4 is 0 Å². The fraction of sp³-hybridized carbons (Fsp3) is 0.684. The molecule has 1 aromatic rings. The van der Waals surface area contributed by atoms with E-state index in [1.165, 1.54) is 12.3 Å². The summed E-state index contributed by atoms with van der Waals surface area (Å²) in [5, 5.41) is 10.8. The van der Waals surface area contributed by atoms with Crippen LogP contribution in [0.2, 0.25) is 0 Å². The molecule has 0 bridgehead atoms. The summed E-state index contributed by atoms with van der Waals surface area (Å²) < 4.78 is 19.1. The molecule has 3 atom stereocenters. The molecule has 6 heteroatoms. The van der Waals surface area contributed by atoms with Gasteiger partial charge in [-0.25, -0.2) is 9.18 Å². The number of piperidine rings is 1. The number of aromatic nitrogens is 1. The average molecular weight is 352 g/mol. The van der Waals surface area contributed by atoms with Gasteiger partial charge in [-0.1, -0.05) is 13.3 Å². The van der Waals surface area contributed by atoms with Crippen molar-refractivity contribution in [2.75, 3.05) is 0 Å². The standard InChI is InChI=1S/C19H29FN2O3/c1-5-7-15-8-6-9-16(22(15)18(24)25-19(2,3)4)17(23)13-10-14(20)12-21-11-13/h10-12,15-17,23H,5-9H2,1-4H3/t15-,16+,17?/m0/s1. The number of amides is 1. The Kier molecular flexibility index (Phi) is 6.38. The van der Waals surface area contributed by atoms with E-state index in [0.717, 1.165) is 31.9 Å². The maximum absolute atomic E-state index is 13.5. The van der Waals surface area contributed by atoms with Crippen LogP contribution in [0.5, 0.6) is 0 Å². The first-order chi connectivity index (χ1) is 11.7. The number of aliphatic hydroxyl groups excluding tert-OH is 1. The number of aliphatic hydroxyl groups is 1. The highest BCUT2D eigenvalue weighted by Gasteiger charge is 2.40. The summed E-state index contributed by atoms with van der Waals surface area (Å²) in [6.45, 7) is 7.55. The monoisotopic (exact) mass is 352 g/mol. The Morgan fingerprint density at radius 3 is 2.76 bits per heavy atom. The van der Waals surface area contributed by atoms with Gasteiger partial charge in [-0.15, -0.1) is 0 Å². The van der Waals surface area contributed by atoms with E-state index in [9.17, 15) is 14.3 Å². The first kappa shape index (κ1) is 19.6. The smallest absolute Gasteiger partial charge is 0.410 e. The number of ether oxygens (including phenoxy) is 1. The number of rotatable bonds is 4. The Labute approximate surface area is 149 Å². The zero-order valence-electron chi connectivity index (χ0n) is 15.5. The average Bonchev–Trinajstić information content (AvgIpc) is 2.52. The molecule has 0 aromatic carbocycles. The molecule has 2 rings (SSSR count). The molecule has 1 unspecified atom stereocenters. The van der Waals surface area contributed by atoms with Crippen molar-refractivity contribution in [1.82, 2.24) is 9.88 Å². The van der Waals surface area contributed by atoms with Crippen LogP contribution in [0.3, 0.4) is 0 Å². The molecule has 1 aliphatic heterocycles. The largest absolute Gasteiger partial charge is 0.444 e. The predicted molar refractivity (Wildman–Crippen MR) is 93.6 cm³/mol. The molecular formula is C19H29FN2O3. The van der Waals surface area contributed by atoms with Crippen molar-refractivity contribution in [2.45, 2.75) is 83.6 Å². The van der Waals surface area contributed by atoms with Crippen molar-refractivity contribution in [2.24, 2.45) is 0 Å².